The molecule has 144 valence electrons. The summed E-state index contributed by atoms with van der Waals surface area (Å²) < 4.78 is 28.3. The fourth-order valence-electron chi connectivity index (χ4n) is 3.86. The van der Waals surface area contributed by atoms with Gasteiger partial charge in [-0.1, -0.05) is 48.5 Å². The Morgan fingerprint density at radius 1 is 1.04 bits per heavy atom. The third-order valence-corrected chi connectivity index (χ3v) is 6.74. The fourth-order valence-corrected chi connectivity index (χ4v) is 4.98. The SMILES string of the molecule is O=C(O)Cc1ccc2c(c1)C(CNS(=O)(=O)c1ccc3ccccc3c1)CC2. The maximum atomic E-state index is 12.8. The van der Waals surface area contributed by atoms with Crippen LogP contribution in [0.3, 0.4) is 0 Å². The molecule has 0 saturated carbocycles. The van der Waals surface area contributed by atoms with Crippen LogP contribution in [0, 0.1) is 0 Å². The Labute approximate surface area is 164 Å². The van der Waals surface area contributed by atoms with Gasteiger partial charge in [0.25, 0.3) is 0 Å². The summed E-state index contributed by atoms with van der Waals surface area (Å²) in [7, 11) is -3.61. The number of aryl methyl sites for hydroxylation is 1. The van der Waals surface area contributed by atoms with Crippen LogP contribution < -0.4 is 4.72 Å². The number of nitrogens with one attached hydrogen (secondary N) is 1. The van der Waals surface area contributed by atoms with E-state index in [1.54, 1.807) is 12.1 Å². The molecule has 5 nitrogen and oxygen atoms in total. The molecule has 0 saturated heterocycles. The zero-order valence-corrected chi connectivity index (χ0v) is 16.1. The Bertz CT molecular complexity index is 1150. The summed E-state index contributed by atoms with van der Waals surface area (Å²) in [5.41, 5.74) is 2.97. The Morgan fingerprint density at radius 3 is 2.61 bits per heavy atom. The van der Waals surface area contributed by atoms with E-state index in [1.807, 2.05) is 48.5 Å². The fraction of sp³-hybridized carbons (Fsp3) is 0.227. The van der Waals surface area contributed by atoms with E-state index in [0.29, 0.717) is 6.54 Å². The van der Waals surface area contributed by atoms with Crippen molar-refractivity contribution in [3.63, 3.8) is 0 Å². The molecule has 1 aliphatic rings. The van der Waals surface area contributed by atoms with Crippen LogP contribution in [0.15, 0.2) is 65.6 Å². The van der Waals surface area contributed by atoms with Gasteiger partial charge in [-0.25, -0.2) is 13.1 Å². The molecule has 0 radical (unpaired) electrons. The van der Waals surface area contributed by atoms with E-state index in [0.717, 1.165) is 34.7 Å². The maximum absolute atomic E-state index is 12.8. The van der Waals surface area contributed by atoms with Crippen LogP contribution in [0.5, 0.6) is 0 Å². The van der Waals surface area contributed by atoms with Gasteiger partial charge in [-0.15, -0.1) is 0 Å². The van der Waals surface area contributed by atoms with Gasteiger partial charge in [0.2, 0.25) is 10.0 Å². The third-order valence-electron chi connectivity index (χ3n) is 5.32. The molecule has 3 aromatic carbocycles. The van der Waals surface area contributed by atoms with Gasteiger partial charge in [0.1, 0.15) is 0 Å². The summed E-state index contributed by atoms with van der Waals surface area (Å²) >= 11 is 0. The quantitative estimate of drug-likeness (QED) is 0.669. The minimum Gasteiger partial charge on any atom is -0.481 e. The van der Waals surface area contributed by atoms with Gasteiger partial charge in [0, 0.05) is 6.54 Å². The predicted molar refractivity (Wildman–Crippen MR) is 108 cm³/mol. The highest BCUT2D eigenvalue weighted by molar-refractivity contribution is 7.89. The largest absolute Gasteiger partial charge is 0.481 e. The number of hydrogen-bond donors (Lipinski definition) is 2. The molecule has 0 aliphatic heterocycles. The Morgan fingerprint density at radius 2 is 1.82 bits per heavy atom. The lowest BCUT2D eigenvalue weighted by Crippen LogP contribution is -2.28. The first-order chi connectivity index (χ1) is 13.4. The predicted octanol–water partition coefficient (Wildman–Crippen LogP) is 3.48. The van der Waals surface area contributed by atoms with Crippen molar-refractivity contribution in [2.45, 2.75) is 30.1 Å². The molecule has 0 fully saturated rings. The zero-order chi connectivity index (χ0) is 19.7. The second-order valence-corrected chi connectivity index (χ2v) is 8.97. The summed E-state index contributed by atoms with van der Waals surface area (Å²) in [5, 5.41) is 10.9. The van der Waals surface area contributed by atoms with Crippen molar-refractivity contribution >= 4 is 26.8 Å². The number of carboxylic acid groups (broad SMARTS) is 1. The first kappa shape index (κ1) is 18.7. The van der Waals surface area contributed by atoms with Crippen LogP contribution >= 0.6 is 0 Å². The molecule has 0 amide bonds. The van der Waals surface area contributed by atoms with Crippen molar-refractivity contribution in [3.8, 4) is 0 Å². The van der Waals surface area contributed by atoms with E-state index in [2.05, 4.69) is 4.72 Å². The monoisotopic (exact) mass is 395 g/mol. The van der Waals surface area contributed by atoms with Crippen LogP contribution in [0.25, 0.3) is 10.8 Å². The third kappa shape index (κ3) is 3.79. The molecule has 3 aromatic rings. The van der Waals surface area contributed by atoms with Crippen LogP contribution in [0.2, 0.25) is 0 Å². The molecule has 0 bridgehead atoms. The highest BCUT2D eigenvalue weighted by Crippen LogP contribution is 2.33. The van der Waals surface area contributed by atoms with Crippen molar-refractivity contribution in [3.05, 3.63) is 77.4 Å². The van der Waals surface area contributed by atoms with Crippen molar-refractivity contribution in [2.24, 2.45) is 0 Å². The average Bonchev–Trinajstić information content (AvgIpc) is 3.08. The van der Waals surface area contributed by atoms with Crippen molar-refractivity contribution in [1.29, 1.82) is 0 Å². The summed E-state index contributed by atoms with van der Waals surface area (Å²) in [5.74, 6) is -0.814. The molecule has 0 spiro atoms. The number of benzene rings is 3. The standard InChI is InChI=1S/C22H21NO4S/c24-22(25)12-15-5-6-17-7-8-19(21(17)11-15)14-23-28(26,27)20-10-9-16-3-1-2-4-18(16)13-20/h1-6,9-11,13,19,23H,7-8,12,14H2,(H,24,25). The molecule has 0 heterocycles. The Balaban J connectivity index is 1.52. The lowest BCUT2D eigenvalue weighted by Gasteiger charge is -2.14. The summed E-state index contributed by atoms with van der Waals surface area (Å²) in [4.78, 5) is 11.2. The van der Waals surface area contributed by atoms with E-state index in [-0.39, 0.29) is 17.2 Å². The second-order valence-electron chi connectivity index (χ2n) is 7.20. The molecular weight excluding hydrogens is 374 g/mol. The highest BCUT2D eigenvalue weighted by Gasteiger charge is 2.25. The molecule has 6 heteroatoms. The van der Waals surface area contributed by atoms with Crippen molar-refractivity contribution in [2.75, 3.05) is 6.54 Å². The Hall–Kier alpha value is -2.70. The second kappa shape index (κ2) is 7.37. The minimum atomic E-state index is -3.61. The van der Waals surface area contributed by atoms with Gasteiger partial charge < -0.3 is 5.11 Å². The van der Waals surface area contributed by atoms with Crippen LogP contribution in [-0.2, 0) is 27.7 Å². The number of carboxylic acids is 1. The van der Waals surface area contributed by atoms with Gasteiger partial charge >= 0.3 is 5.97 Å². The molecular formula is C22H21NO4S. The molecule has 4 rings (SSSR count). The highest BCUT2D eigenvalue weighted by atomic mass is 32.2. The first-order valence-corrected chi connectivity index (χ1v) is 10.7. The van der Waals surface area contributed by atoms with Gasteiger partial charge in [-0.05, 0) is 58.4 Å². The topological polar surface area (TPSA) is 83.5 Å². The van der Waals surface area contributed by atoms with Gasteiger partial charge in [0.15, 0.2) is 0 Å². The summed E-state index contributed by atoms with van der Waals surface area (Å²) in [6.07, 6.45) is 1.71. The molecule has 1 aliphatic carbocycles. The van der Waals surface area contributed by atoms with E-state index in [9.17, 15) is 13.2 Å². The number of sulfonamides is 1. The minimum absolute atomic E-state index is 0.0250. The summed E-state index contributed by atoms with van der Waals surface area (Å²) in [6.45, 7) is 0.304. The number of rotatable bonds is 6. The lowest BCUT2D eigenvalue weighted by atomic mass is 9.98. The molecule has 28 heavy (non-hydrogen) atoms. The van der Waals surface area contributed by atoms with Crippen LogP contribution in [-0.4, -0.2) is 26.0 Å². The smallest absolute Gasteiger partial charge is 0.307 e. The van der Waals surface area contributed by atoms with E-state index in [1.165, 1.54) is 5.56 Å². The maximum Gasteiger partial charge on any atom is 0.307 e. The first-order valence-electron chi connectivity index (χ1n) is 9.24. The molecule has 1 atom stereocenters. The van der Waals surface area contributed by atoms with Crippen LogP contribution in [0.4, 0.5) is 0 Å². The van der Waals surface area contributed by atoms with Crippen LogP contribution in [0.1, 0.15) is 29.0 Å². The number of carbonyl (C=O) groups is 1. The number of aliphatic carboxylic acids is 1. The Kier molecular flexibility index (Phi) is 4.91. The van der Waals surface area contributed by atoms with Gasteiger partial charge in [-0.2, -0.15) is 0 Å². The number of fused-ring (bicyclic) bond motifs is 2. The lowest BCUT2D eigenvalue weighted by molar-refractivity contribution is -0.136. The molecule has 0 aromatic heterocycles. The normalized spacial score (nSPS) is 16.2. The van der Waals surface area contributed by atoms with E-state index >= 15 is 0 Å². The van der Waals surface area contributed by atoms with E-state index < -0.39 is 16.0 Å². The van der Waals surface area contributed by atoms with Gasteiger partial charge in [-0.3, -0.25) is 4.79 Å². The zero-order valence-electron chi connectivity index (χ0n) is 15.3. The number of hydrogen-bond acceptors (Lipinski definition) is 3. The van der Waals surface area contributed by atoms with Gasteiger partial charge in [0.05, 0.1) is 11.3 Å². The average molecular weight is 395 g/mol. The van der Waals surface area contributed by atoms with E-state index in [4.69, 9.17) is 5.11 Å². The molecule has 1 unspecified atom stereocenters. The van der Waals surface area contributed by atoms with Crippen molar-refractivity contribution in [1.82, 2.24) is 4.72 Å². The van der Waals surface area contributed by atoms with Crippen molar-refractivity contribution < 1.29 is 18.3 Å². The molecule has 2 N–H and O–H groups in total. The summed E-state index contributed by atoms with van der Waals surface area (Å²) in [6, 6.07) is 18.5.